The minimum absolute atomic E-state index is 0.159. The average Bonchev–Trinajstić information content (AvgIpc) is 2.55. The van der Waals surface area contributed by atoms with Crippen molar-refractivity contribution in [3.63, 3.8) is 0 Å². The van der Waals surface area contributed by atoms with Crippen LogP contribution >= 0.6 is 11.6 Å². The van der Waals surface area contributed by atoms with Gasteiger partial charge in [0.05, 0.1) is 16.4 Å². The molecule has 0 fully saturated rings. The van der Waals surface area contributed by atoms with Crippen molar-refractivity contribution in [1.82, 2.24) is 14.8 Å². The SMILES string of the molecule is Cc1nn(-c2c(F)c(F)nc(F)c2F)c(C)c1Cl. The van der Waals surface area contributed by atoms with E-state index in [-0.39, 0.29) is 16.4 Å². The van der Waals surface area contributed by atoms with E-state index in [1.807, 2.05) is 0 Å². The van der Waals surface area contributed by atoms with Crippen molar-refractivity contribution in [1.29, 1.82) is 0 Å². The van der Waals surface area contributed by atoms with Crippen LogP contribution in [0.25, 0.3) is 5.69 Å². The van der Waals surface area contributed by atoms with E-state index < -0.39 is 29.2 Å². The monoisotopic (exact) mass is 279 g/mol. The fourth-order valence-corrected chi connectivity index (χ4v) is 1.62. The predicted octanol–water partition coefficient (Wildman–Crippen LogP) is 3.09. The minimum Gasteiger partial charge on any atom is -0.230 e. The number of hydrogen-bond acceptors (Lipinski definition) is 2. The number of aromatic nitrogens is 3. The number of aryl methyl sites for hydroxylation is 1. The molecular formula is C10H6ClF4N3. The highest BCUT2D eigenvalue weighted by Gasteiger charge is 2.25. The lowest BCUT2D eigenvalue weighted by atomic mass is 10.3. The summed E-state index contributed by atoms with van der Waals surface area (Å²) in [6, 6.07) is 0. The summed E-state index contributed by atoms with van der Waals surface area (Å²) in [5, 5.41) is 3.89. The molecule has 0 aliphatic heterocycles. The zero-order valence-corrected chi connectivity index (χ0v) is 9.99. The predicted molar refractivity (Wildman–Crippen MR) is 55.7 cm³/mol. The van der Waals surface area contributed by atoms with Crippen molar-refractivity contribution in [3.8, 4) is 5.69 Å². The van der Waals surface area contributed by atoms with Gasteiger partial charge in [0, 0.05) is 0 Å². The Balaban J connectivity index is 2.82. The molecule has 18 heavy (non-hydrogen) atoms. The Hall–Kier alpha value is -1.63. The van der Waals surface area contributed by atoms with Crippen molar-refractivity contribution < 1.29 is 17.6 Å². The van der Waals surface area contributed by atoms with Gasteiger partial charge in [0.15, 0.2) is 0 Å². The van der Waals surface area contributed by atoms with E-state index >= 15 is 0 Å². The van der Waals surface area contributed by atoms with E-state index in [0.717, 1.165) is 0 Å². The molecule has 0 saturated heterocycles. The Kier molecular flexibility index (Phi) is 3.02. The second-order valence-corrected chi connectivity index (χ2v) is 3.94. The summed E-state index contributed by atoms with van der Waals surface area (Å²) in [6.07, 6.45) is 0. The molecule has 0 aliphatic rings. The second-order valence-electron chi connectivity index (χ2n) is 3.57. The molecule has 0 saturated carbocycles. The summed E-state index contributed by atoms with van der Waals surface area (Å²) < 4.78 is 53.7. The lowest BCUT2D eigenvalue weighted by Crippen LogP contribution is -2.11. The fourth-order valence-electron chi connectivity index (χ4n) is 1.50. The third-order valence-electron chi connectivity index (χ3n) is 2.39. The Morgan fingerprint density at radius 1 is 1.00 bits per heavy atom. The molecule has 96 valence electrons. The maximum absolute atomic E-state index is 13.5. The van der Waals surface area contributed by atoms with Crippen LogP contribution < -0.4 is 0 Å². The average molecular weight is 280 g/mol. The first kappa shape index (κ1) is 12.8. The lowest BCUT2D eigenvalue weighted by Gasteiger charge is -2.07. The summed E-state index contributed by atoms with van der Waals surface area (Å²) >= 11 is 5.80. The lowest BCUT2D eigenvalue weighted by molar-refractivity contribution is 0.399. The van der Waals surface area contributed by atoms with E-state index in [0.29, 0.717) is 4.68 Å². The van der Waals surface area contributed by atoms with Crippen LogP contribution in [0.1, 0.15) is 11.4 Å². The highest BCUT2D eigenvalue weighted by Crippen LogP contribution is 2.26. The molecule has 0 aliphatic carbocycles. The molecule has 0 amide bonds. The molecule has 2 heterocycles. The van der Waals surface area contributed by atoms with Crippen molar-refractivity contribution >= 4 is 11.6 Å². The fraction of sp³-hybridized carbons (Fsp3) is 0.200. The van der Waals surface area contributed by atoms with Crippen LogP contribution in [-0.2, 0) is 0 Å². The van der Waals surface area contributed by atoms with Crippen LogP contribution in [0.2, 0.25) is 5.02 Å². The standard InChI is InChI=1S/C10H6ClF4N3/c1-3-5(11)4(2)18(17-3)8-6(12)9(14)16-10(15)7(8)13/h1-2H3. The molecule has 0 atom stereocenters. The van der Waals surface area contributed by atoms with Crippen molar-refractivity contribution in [2.45, 2.75) is 13.8 Å². The molecule has 0 N–H and O–H groups in total. The van der Waals surface area contributed by atoms with Gasteiger partial charge in [-0.05, 0) is 13.8 Å². The van der Waals surface area contributed by atoms with Gasteiger partial charge >= 0.3 is 0 Å². The number of rotatable bonds is 1. The molecular weight excluding hydrogens is 274 g/mol. The summed E-state index contributed by atoms with van der Waals surface area (Å²) in [4.78, 5) is 2.46. The smallest absolute Gasteiger partial charge is 0.230 e. The van der Waals surface area contributed by atoms with E-state index in [9.17, 15) is 17.6 Å². The van der Waals surface area contributed by atoms with E-state index in [1.165, 1.54) is 13.8 Å². The highest BCUT2D eigenvalue weighted by molar-refractivity contribution is 6.31. The van der Waals surface area contributed by atoms with Gasteiger partial charge in [0.25, 0.3) is 11.9 Å². The van der Waals surface area contributed by atoms with Gasteiger partial charge in [0.1, 0.15) is 5.69 Å². The minimum atomic E-state index is -1.74. The Morgan fingerprint density at radius 2 is 1.50 bits per heavy atom. The van der Waals surface area contributed by atoms with Crippen LogP contribution in [0.5, 0.6) is 0 Å². The summed E-state index contributed by atoms with van der Waals surface area (Å²) in [6.45, 7) is 2.91. The summed E-state index contributed by atoms with van der Waals surface area (Å²) in [7, 11) is 0. The van der Waals surface area contributed by atoms with E-state index in [1.54, 1.807) is 0 Å². The molecule has 3 nitrogen and oxygen atoms in total. The van der Waals surface area contributed by atoms with Gasteiger partial charge in [0.2, 0.25) is 11.6 Å². The molecule has 2 rings (SSSR count). The molecule has 0 bridgehead atoms. The van der Waals surface area contributed by atoms with Crippen LogP contribution in [0.15, 0.2) is 0 Å². The van der Waals surface area contributed by atoms with Gasteiger partial charge < -0.3 is 0 Å². The third-order valence-corrected chi connectivity index (χ3v) is 2.94. The van der Waals surface area contributed by atoms with Gasteiger partial charge in [-0.1, -0.05) is 11.6 Å². The van der Waals surface area contributed by atoms with Crippen molar-refractivity contribution in [2.75, 3.05) is 0 Å². The van der Waals surface area contributed by atoms with Crippen LogP contribution in [0.4, 0.5) is 17.6 Å². The molecule has 2 aromatic rings. The molecule has 2 aromatic heterocycles. The van der Waals surface area contributed by atoms with Crippen LogP contribution in [0, 0.1) is 37.4 Å². The number of halogens is 5. The van der Waals surface area contributed by atoms with Crippen LogP contribution in [0.3, 0.4) is 0 Å². The van der Waals surface area contributed by atoms with E-state index in [2.05, 4.69) is 10.1 Å². The quantitative estimate of drug-likeness (QED) is 0.593. The van der Waals surface area contributed by atoms with Gasteiger partial charge in [-0.2, -0.15) is 27.6 Å². The first-order chi connectivity index (χ1) is 8.34. The van der Waals surface area contributed by atoms with Crippen LogP contribution in [-0.4, -0.2) is 14.8 Å². The number of nitrogens with zero attached hydrogens (tertiary/aromatic N) is 3. The maximum atomic E-state index is 13.5. The summed E-state index contributed by atoms with van der Waals surface area (Å²) in [5.74, 6) is -6.74. The third kappa shape index (κ3) is 1.74. The largest absolute Gasteiger partial charge is 0.254 e. The maximum Gasteiger partial charge on any atom is 0.254 e. The Morgan fingerprint density at radius 3 is 1.89 bits per heavy atom. The van der Waals surface area contributed by atoms with E-state index in [4.69, 9.17) is 11.6 Å². The van der Waals surface area contributed by atoms with Crippen molar-refractivity contribution in [2.24, 2.45) is 0 Å². The molecule has 0 radical (unpaired) electrons. The Labute approximate surface area is 104 Å². The normalized spacial score (nSPS) is 11.1. The topological polar surface area (TPSA) is 30.7 Å². The number of pyridine rings is 1. The molecule has 8 heteroatoms. The second kappa shape index (κ2) is 4.24. The first-order valence-electron chi connectivity index (χ1n) is 4.76. The molecule has 0 unspecified atom stereocenters. The van der Waals surface area contributed by atoms with Crippen molar-refractivity contribution in [3.05, 3.63) is 39.9 Å². The first-order valence-corrected chi connectivity index (χ1v) is 5.14. The zero-order chi connectivity index (χ0) is 13.6. The van der Waals surface area contributed by atoms with Gasteiger partial charge in [-0.25, -0.2) is 4.68 Å². The Bertz CT molecular complexity index is 613. The summed E-state index contributed by atoms with van der Waals surface area (Å²) in [5.41, 5.74) is -0.532. The van der Waals surface area contributed by atoms with Gasteiger partial charge in [-0.15, -0.1) is 0 Å². The molecule has 0 aromatic carbocycles. The van der Waals surface area contributed by atoms with Gasteiger partial charge in [-0.3, -0.25) is 0 Å². The zero-order valence-electron chi connectivity index (χ0n) is 9.23. The highest BCUT2D eigenvalue weighted by atomic mass is 35.5. The number of hydrogen-bond donors (Lipinski definition) is 0. The molecule has 0 spiro atoms.